The minimum absolute atomic E-state index is 0.0533. The van der Waals surface area contributed by atoms with Crippen molar-refractivity contribution in [3.63, 3.8) is 0 Å². The van der Waals surface area contributed by atoms with Crippen LogP contribution in [0.1, 0.15) is 103 Å². The van der Waals surface area contributed by atoms with E-state index in [4.69, 9.17) is 5.11 Å². The summed E-state index contributed by atoms with van der Waals surface area (Å²) in [6, 6.07) is 0. The van der Waals surface area contributed by atoms with E-state index in [0.29, 0.717) is 19.3 Å². The third-order valence-corrected chi connectivity index (χ3v) is 3.93. The topological polar surface area (TPSA) is 54.4 Å². The maximum Gasteiger partial charge on any atom is 0.303 e. The second-order valence-electron chi connectivity index (χ2n) is 6.26. The molecule has 0 atom stereocenters. The van der Waals surface area contributed by atoms with Crippen molar-refractivity contribution in [3.8, 4) is 11.8 Å². The highest BCUT2D eigenvalue weighted by Gasteiger charge is 2.00. The van der Waals surface area contributed by atoms with Crippen LogP contribution < -0.4 is 0 Å². The number of carboxylic acid groups (broad SMARTS) is 1. The van der Waals surface area contributed by atoms with Gasteiger partial charge in [0, 0.05) is 19.3 Å². The van der Waals surface area contributed by atoms with Gasteiger partial charge in [-0.1, -0.05) is 70.6 Å². The molecule has 132 valence electrons. The van der Waals surface area contributed by atoms with Crippen LogP contribution in [0.2, 0.25) is 0 Å². The summed E-state index contributed by atoms with van der Waals surface area (Å²) in [5.41, 5.74) is 0. The Morgan fingerprint density at radius 2 is 1.26 bits per heavy atom. The van der Waals surface area contributed by atoms with Gasteiger partial charge in [-0.05, 0) is 25.2 Å². The van der Waals surface area contributed by atoms with E-state index in [9.17, 15) is 9.59 Å². The fourth-order valence-corrected chi connectivity index (χ4v) is 2.49. The van der Waals surface area contributed by atoms with Crippen molar-refractivity contribution in [2.24, 2.45) is 0 Å². The van der Waals surface area contributed by atoms with Gasteiger partial charge in [-0.25, -0.2) is 0 Å². The quantitative estimate of drug-likeness (QED) is 0.245. The van der Waals surface area contributed by atoms with Crippen molar-refractivity contribution >= 4 is 11.8 Å². The average molecular weight is 322 g/mol. The van der Waals surface area contributed by atoms with Gasteiger partial charge in [-0.2, -0.15) is 0 Å². The summed E-state index contributed by atoms with van der Waals surface area (Å²) >= 11 is 0. The molecule has 0 heterocycles. The van der Waals surface area contributed by atoms with Gasteiger partial charge in [0.25, 0.3) is 0 Å². The standard InChI is InChI=1S/C20H34O3/c1-2-3-4-5-6-7-8-9-10-11-12-13-16-19(21)17-14-15-18-20(22)23/h2-12,14-15,17-18H2,1H3,(H,22,23). The fraction of sp³-hybridized carbons (Fsp3) is 0.800. The summed E-state index contributed by atoms with van der Waals surface area (Å²) in [5.74, 6) is 4.75. The average Bonchev–Trinajstić information content (AvgIpc) is 2.52. The number of carbonyl (C=O) groups is 2. The maximum absolute atomic E-state index is 11.4. The van der Waals surface area contributed by atoms with Crippen LogP contribution in [0, 0.1) is 11.8 Å². The Kier molecular flexibility index (Phi) is 16.1. The van der Waals surface area contributed by atoms with Gasteiger partial charge < -0.3 is 5.11 Å². The summed E-state index contributed by atoms with van der Waals surface area (Å²) in [4.78, 5) is 21.8. The number of ketones is 1. The second-order valence-corrected chi connectivity index (χ2v) is 6.26. The van der Waals surface area contributed by atoms with Crippen molar-refractivity contribution < 1.29 is 14.7 Å². The van der Waals surface area contributed by atoms with Gasteiger partial charge in [0.2, 0.25) is 5.78 Å². The first-order chi connectivity index (χ1) is 11.2. The zero-order chi connectivity index (χ0) is 17.2. The van der Waals surface area contributed by atoms with Crippen molar-refractivity contribution in [1.82, 2.24) is 0 Å². The molecule has 0 unspecified atom stereocenters. The van der Waals surface area contributed by atoms with Crippen LogP contribution >= 0.6 is 0 Å². The molecule has 0 radical (unpaired) electrons. The van der Waals surface area contributed by atoms with Crippen LogP contribution in [-0.2, 0) is 9.59 Å². The van der Waals surface area contributed by atoms with Crippen molar-refractivity contribution in [2.75, 3.05) is 0 Å². The Hall–Kier alpha value is -1.30. The number of Topliss-reactive ketones (excluding diaryl/α,β-unsaturated/α-hetero) is 1. The molecule has 0 aromatic heterocycles. The van der Waals surface area contributed by atoms with Crippen LogP contribution in [0.3, 0.4) is 0 Å². The maximum atomic E-state index is 11.4. The predicted molar refractivity (Wildman–Crippen MR) is 95.3 cm³/mol. The molecule has 3 heteroatoms. The number of unbranched alkanes of at least 4 members (excludes halogenated alkanes) is 11. The van der Waals surface area contributed by atoms with E-state index in [0.717, 1.165) is 12.8 Å². The van der Waals surface area contributed by atoms with Gasteiger partial charge in [0.05, 0.1) is 0 Å². The summed E-state index contributed by atoms with van der Waals surface area (Å²) < 4.78 is 0. The zero-order valence-corrected chi connectivity index (χ0v) is 14.9. The highest BCUT2D eigenvalue weighted by atomic mass is 16.4. The van der Waals surface area contributed by atoms with Crippen molar-refractivity contribution in [1.29, 1.82) is 0 Å². The molecule has 0 aliphatic heterocycles. The SMILES string of the molecule is CCCCCCCCCCCCC#CC(=O)CCCCC(=O)O. The third kappa shape index (κ3) is 18.7. The van der Waals surface area contributed by atoms with Gasteiger partial charge in [-0.3, -0.25) is 9.59 Å². The highest BCUT2D eigenvalue weighted by molar-refractivity contribution is 5.95. The normalized spacial score (nSPS) is 10.1. The fourth-order valence-electron chi connectivity index (χ4n) is 2.49. The Balaban J connectivity index is 3.31. The molecule has 1 N–H and O–H groups in total. The Bertz CT molecular complexity index is 363. The smallest absolute Gasteiger partial charge is 0.303 e. The lowest BCUT2D eigenvalue weighted by Gasteiger charge is -2.00. The van der Waals surface area contributed by atoms with E-state index >= 15 is 0 Å². The monoisotopic (exact) mass is 322 g/mol. The molecule has 0 aliphatic rings. The molecular weight excluding hydrogens is 288 g/mol. The Labute approximate surface area is 142 Å². The summed E-state index contributed by atoms with van der Waals surface area (Å²) in [6.45, 7) is 2.25. The number of rotatable bonds is 15. The van der Waals surface area contributed by atoms with Crippen LogP contribution in [-0.4, -0.2) is 16.9 Å². The van der Waals surface area contributed by atoms with E-state index in [1.165, 1.54) is 57.8 Å². The minimum atomic E-state index is -0.801. The van der Waals surface area contributed by atoms with Crippen LogP contribution in [0.5, 0.6) is 0 Å². The van der Waals surface area contributed by atoms with Crippen molar-refractivity contribution in [3.05, 3.63) is 0 Å². The molecule has 0 saturated carbocycles. The lowest BCUT2D eigenvalue weighted by molar-refractivity contribution is -0.137. The lowest BCUT2D eigenvalue weighted by atomic mass is 10.1. The van der Waals surface area contributed by atoms with Gasteiger partial charge >= 0.3 is 5.97 Å². The number of hydrogen-bond donors (Lipinski definition) is 1. The molecule has 0 saturated heterocycles. The molecule has 23 heavy (non-hydrogen) atoms. The second kappa shape index (κ2) is 17.1. The highest BCUT2D eigenvalue weighted by Crippen LogP contribution is 2.11. The summed E-state index contributed by atoms with van der Waals surface area (Å²) in [5, 5.41) is 8.49. The third-order valence-electron chi connectivity index (χ3n) is 3.93. The van der Waals surface area contributed by atoms with E-state index in [1.54, 1.807) is 0 Å². The number of carbonyl (C=O) groups excluding carboxylic acids is 1. The molecule has 0 fully saturated rings. The molecule has 0 aliphatic carbocycles. The first-order valence-corrected chi connectivity index (χ1v) is 9.40. The first kappa shape index (κ1) is 21.7. The van der Waals surface area contributed by atoms with Gasteiger partial charge in [0.15, 0.2) is 0 Å². The molecule has 0 amide bonds. The Morgan fingerprint density at radius 3 is 1.83 bits per heavy atom. The molecule has 3 nitrogen and oxygen atoms in total. The lowest BCUT2D eigenvalue weighted by Crippen LogP contribution is -1.97. The Morgan fingerprint density at radius 1 is 0.739 bits per heavy atom. The minimum Gasteiger partial charge on any atom is -0.481 e. The van der Waals surface area contributed by atoms with Crippen LogP contribution in [0.4, 0.5) is 0 Å². The molecule has 0 aromatic carbocycles. The van der Waals surface area contributed by atoms with E-state index < -0.39 is 5.97 Å². The van der Waals surface area contributed by atoms with Crippen molar-refractivity contribution in [2.45, 2.75) is 103 Å². The van der Waals surface area contributed by atoms with E-state index in [-0.39, 0.29) is 12.2 Å². The summed E-state index contributed by atoms with van der Waals surface area (Å²) in [6.07, 6.45) is 15.6. The molecular formula is C20H34O3. The number of aliphatic carboxylic acids is 1. The first-order valence-electron chi connectivity index (χ1n) is 9.40. The number of carboxylic acids is 1. The predicted octanol–water partition coefficient (Wildman–Crippen LogP) is 5.51. The summed E-state index contributed by atoms with van der Waals surface area (Å²) in [7, 11) is 0. The van der Waals surface area contributed by atoms with E-state index in [2.05, 4.69) is 18.8 Å². The molecule has 0 rings (SSSR count). The molecule has 0 spiro atoms. The zero-order valence-electron chi connectivity index (χ0n) is 14.9. The van der Waals surface area contributed by atoms with E-state index in [1.807, 2.05) is 0 Å². The molecule has 0 bridgehead atoms. The van der Waals surface area contributed by atoms with Gasteiger partial charge in [0.1, 0.15) is 0 Å². The van der Waals surface area contributed by atoms with Gasteiger partial charge in [-0.15, -0.1) is 0 Å². The van der Waals surface area contributed by atoms with Crippen LogP contribution in [0.15, 0.2) is 0 Å². The van der Waals surface area contributed by atoms with Crippen LogP contribution in [0.25, 0.3) is 0 Å². The number of hydrogen-bond acceptors (Lipinski definition) is 2. The molecule has 0 aromatic rings. The largest absolute Gasteiger partial charge is 0.481 e.